The quantitative estimate of drug-likeness (QED) is 0.756. The van der Waals surface area contributed by atoms with Crippen LogP contribution in [0.5, 0.6) is 0 Å². The summed E-state index contributed by atoms with van der Waals surface area (Å²) in [6.07, 6.45) is 10.9. The van der Waals surface area contributed by atoms with Crippen molar-refractivity contribution in [1.29, 1.82) is 0 Å². The van der Waals surface area contributed by atoms with Gasteiger partial charge in [0.25, 0.3) is 0 Å². The second-order valence-electron chi connectivity index (χ2n) is 6.61. The zero-order valence-electron chi connectivity index (χ0n) is 14.7. The van der Waals surface area contributed by atoms with Gasteiger partial charge in [0.15, 0.2) is 5.82 Å². The summed E-state index contributed by atoms with van der Waals surface area (Å²) < 4.78 is 5.20. The van der Waals surface area contributed by atoms with Crippen LogP contribution in [0.4, 0.5) is 5.82 Å². The Kier molecular flexibility index (Phi) is 4.51. The molecule has 1 fully saturated rings. The van der Waals surface area contributed by atoms with E-state index in [-0.39, 0.29) is 12.5 Å². The van der Waals surface area contributed by atoms with Gasteiger partial charge in [0, 0.05) is 19.3 Å². The first-order chi connectivity index (χ1) is 12.7. The largest absolute Gasteiger partial charge is 0.309 e. The maximum absolute atomic E-state index is 12.4. The molecule has 4 rings (SSSR count). The summed E-state index contributed by atoms with van der Waals surface area (Å²) in [7, 11) is 1.81. The van der Waals surface area contributed by atoms with Crippen molar-refractivity contribution >= 4 is 11.7 Å². The van der Waals surface area contributed by atoms with Gasteiger partial charge in [-0.3, -0.25) is 9.48 Å². The third-order valence-corrected chi connectivity index (χ3v) is 4.75. The summed E-state index contributed by atoms with van der Waals surface area (Å²) in [5, 5.41) is 15.8. The van der Waals surface area contributed by atoms with Crippen molar-refractivity contribution in [3.8, 4) is 11.5 Å². The normalized spacial score (nSPS) is 15.3. The van der Waals surface area contributed by atoms with Crippen molar-refractivity contribution in [2.45, 2.75) is 44.7 Å². The van der Waals surface area contributed by atoms with Gasteiger partial charge in [0.1, 0.15) is 24.4 Å². The third-order valence-electron chi connectivity index (χ3n) is 4.75. The van der Waals surface area contributed by atoms with Crippen LogP contribution in [0.2, 0.25) is 0 Å². The average molecular weight is 354 g/mol. The fourth-order valence-electron chi connectivity index (χ4n) is 3.46. The maximum Gasteiger partial charge on any atom is 0.247 e. The molecular weight excluding hydrogens is 332 g/mol. The lowest BCUT2D eigenvalue weighted by atomic mass is 9.96. The smallest absolute Gasteiger partial charge is 0.247 e. The van der Waals surface area contributed by atoms with Gasteiger partial charge in [-0.1, -0.05) is 19.3 Å². The number of amides is 1. The Morgan fingerprint density at radius 2 is 2.08 bits per heavy atom. The van der Waals surface area contributed by atoms with Crippen LogP contribution in [0.1, 0.15) is 38.1 Å². The number of aryl methyl sites for hydroxylation is 1. The number of hydrogen-bond acceptors (Lipinski definition) is 5. The fourth-order valence-corrected chi connectivity index (χ4v) is 3.46. The van der Waals surface area contributed by atoms with Crippen molar-refractivity contribution in [2.24, 2.45) is 7.05 Å². The zero-order chi connectivity index (χ0) is 17.9. The van der Waals surface area contributed by atoms with Crippen LogP contribution in [0, 0.1) is 0 Å². The number of aromatic nitrogens is 7. The van der Waals surface area contributed by atoms with Crippen LogP contribution in [0.3, 0.4) is 0 Å². The number of nitrogens with zero attached hydrogens (tertiary/aromatic N) is 7. The van der Waals surface area contributed by atoms with Crippen LogP contribution >= 0.6 is 0 Å². The molecule has 1 aliphatic rings. The van der Waals surface area contributed by atoms with Crippen molar-refractivity contribution in [3.63, 3.8) is 0 Å². The van der Waals surface area contributed by atoms with Gasteiger partial charge in [-0.05, 0) is 18.9 Å². The van der Waals surface area contributed by atoms with Gasteiger partial charge >= 0.3 is 0 Å². The second kappa shape index (κ2) is 7.11. The van der Waals surface area contributed by atoms with Crippen molar-refractivity contribution in [3.05, 3.63) is 30.9 Å². The van der Waals surface area contributed by atoms with Gasteiger partial charge in [0.2, 0.25) is 5.91 Å². The molecule has 3 aromatic heterocycles. The fraction of sp³-hybridized carbons (Fsp3) is 0.471. The van der Waals surface area contributed by atoms with E-state index < -0.39 is 0 Å². The van der Waals surface area contributed by atoms with E-state index in [9.17, 15) is 4.79 Å². The lowest BCUT2D eigenvalue weighted by Crippen LogP contribution is -2.23. The van der Waals surface area contributed by atoms with Crippen LogP contribution in [0.15, 0.2) is 30.9 Å². The molecule has 0 saturated heterocycles. The minimum Gasteiger partial charge on any atom is -0.309 e. The summed E-state index contributed by atoms with van der Waals surface area (Å²) in [5.74, 6) is 1.29. The van der Waals surface area contributed by atoms with Crippen molar-refractivity contribution in [2.75, 3.05) is 5.32 Å². The molecule has 3 aromatic rings. The molecule has 1 amide bonds. The van der Waals surface area contributed by atoms with E-state index in [2.05, 4.69) is 25.6 Å². The van der Waals surface area contributed by atoms with E-state index in [4.69, 9.17) is 0 Å². The van der Waals surface area contributed by atoms with E-state index in [1.807, 2.05) is 16.8 Å². The molecule has 9 heteroatoms. The molecule has 0 radical (unpaired) electrons. The lowest BCUT2D eigenvalue weighted by molar-refractivity contribution is -0.117. The van der Waals surface area contributed by atoms with Crippen LogP contribution in [0.25, 0.3) is 11.5 Å². The Balaban J connectivity index is 1.41. The van der Waals surface area contributed by atoms with Gasteiger partial charge in [-0.2, -0.15) is 15.3 Å². The molecule has 9 nitrogen and oxygen atoms in total. The Labute approximate surface area is 151 Å². The van der Waals surface area contributed by atoms with E-state index in [0.717, 1.165) is 18.7 Å². The molecule has 0 bridgehead atoms. The van der Waals surface area contributed by atoms with Crippen LogP contribution in [-0.2, 0) is 18.4 Å². The number of anilines is 1. The molecule has 3 heterocycles. The summed E-state index contributed by atoms with van der Waals surface area (Å²) in [4.78, 5) is 16.6. The minimum atomic E-state index is -0.129. The highest BCUT2D eigenvalue weighted by molar-refractivity contribution is 5.89. The number of nitrogens with one attached hydrogen (secondary N) is 1. The summed E-state index contributed by atoms with van der Waals surface area (Å²) >= 11 is 0. The third kappa shape index (κ3) is 3.37. The molecular formula is C17H22N8O. The summed E-state index contributed by atoms with van der Waals surface area (Å²) in [6.45, 7) is 0.133. The van der Waals surface area contributed by atoms with Crippen molar-refractivity contribution in [1.82, 2.24) is 34.3 Å². The number of hydrogen-bond donors (Lipinski definition) is 1. The average Bonchev–Trinajstić information content (AvgIpc) is 3.37. The predicted molar refractivity (Wildman–Crippen MR) is 95.2 cm³/mol. The second-order valence-corrected chi connectivity index (χ2v) is 6.61. The molecule has 0 atom stereocenters. The van der Waals surface area contributed by atoms with Gasteiger partial charge in [0.05, 0.1) is 12.2 Å². The number of carbonyl (C=O) groups is 1. The van der Waals surface area contributed by atoms with E-state index in [1.165, 1.54) is 25.6 Å². The Morgan fingerprint density at radius 3 is 2.85 bits per heavy atom. The standard InChI is InChI=1S/C17H22N8O/c1-23-17(18-12-20-23)14-8-10-24(22-14)11-16(26)21-15-7-9-19-25(15)13-5-3-2-4-6-13/h7-10,12-13H,2-6,11H2,1H3,(H,21,26). The molecule has 1 aliphatic carbocycles. The van der Waals surface area contributed by atoms with Gasteiger partial charge < -0.3 is 5.32 Å². The molecule has 0 spiro atoms. The van der Waals surface area contributed by atoms with Crippen LogP contribution in [-0.4, -0.2) is 40.2 Å². The molecule has 26 heavy (non-hydrogen) atoms. The Bertz CT molecular complexity index is 886. The first-order valence-corrected chi connectivity index (χ1v) is 8.92. The van der Waals surface area contributed by atoms with Gasteiger partial charge in [-0.25, -0.2) is 14.3 Å². The highest BCUT2D eigenvalue weighted by Crippen LogP contribution is 2.29. The molecule has 0 aliphatic heterocycles. The summed E-state index contributed by atoms with van der Waals surface area (Å²) in [6, 6.07) is 4.05. The Morgan fingerprint density at radius 1 is 1.23 bits per heavy atom. The highest BCUT2D eigenvalue weighted by atomic mass is 16.2. The maximum atomic E-state index is 12.4. The first kappa shape index (κ1) is 16.5. The molecule has 1 N–H and O–H groups in total. The Hall–Kier alpha value is -2.97. The van der Waals surface area contributed by atoms with E-state index >= 15 is 0 Å². The SMILES string of the molecule is Cn1ncnc1-c1ccn(CC(=O)Nc2ccnn2C2CCCCC2)n1. The molecule has 0 unspecified atom stereocenters. The van der Waals surface area contributed by atoms with Crippen LogP contribution < -0.4 is 5.32 Å². The number of rotatable bonds is 5. The molecule has 1 saturated carbocycles. The lowest BCUT2D eigenvalue weighted by Gasteiger charge is -2.23. The van der Waals surface area contributed by atoms with E-state index in [0.29, 0.717) is 17.6 Å². The first-order valence-electron chi connectivity index (χ1n) is 8.92. The van der Waals surface area contributed by atoms with E-state index in [1.54, 1.807) is 28.8 Å². The highest BCUT2D eigenvalue weighted by Gasteiger charge is 2.19. The molecule has 0 aromatic carbocycles. The van der Waals surface area contributed by atoms with Crippen molar-refractivity contribution < 1.29 is 4.79 Å². The molecule has 136 valence electrons. The van der Waals surface area contributed by atoms with Gasteiger partial charge in [-0.15, -0.1) is 0 Å². The summed E-state index contributed by atoms with van der Waals surface area (Å²) in [5.41, 5.74) is 0.685. The monoisotopic (exact) mass is 354 g/mol. The minimum absolute atomic E-state index is 0.129. The topological polar surface area (TPSA) is 95.5 Å². The number of carbonyl (C=O) groups excluding carboxylic acids is 1. The predicted octanol–water partition coefficient (Wildman–Crippen LogP) is 2.02. The zero-order valence-corrected chi connectivity index (χ0v) is 14.7.